The highest BCUT2D eigenvalue weighted by Gasteiger charge is 2.15. The molecule has 1 aromatic heterocycles. The number of benzene rings is 1. The monoisotopic (exact) mass is 340 g/mol. The highest BCUT2D eigenvalue weighted by molar-refractivity contribution is 9.10. The number of H-pyrrole nitrogens is 2. The van der Waals surface area contributed by atoms with Crippen molar-refractivity contribution in [1.82, 2.24) is 9.97 Å². The zero-order chi connectivity index (χ0) is 14.7. The van der Waals surface area contributed by atoms with Crippen LogP contribution in [0.3, 0.4) is 0 Å². The Bertz CT molecular complexity index is 677. The second-order valence-electron chi connectivity index (χ2n) is 4.69. The van der Waals surface area contributed by atoms with E-state index in [0.717, 1.165) is 12.8 Å². The molecule has 0 fully saturated rings. The summed E-state index contributed by atoms with van der Waals surface area (Å²) in [6.07, 6.45) is 2.57. The number of unbranched alkanes of at least 4 members (excludes halogenated alkanes) is 1. The van der Waals surface area contributed by atoms with Crippen molar-refractivity contribution in [2.24, 2.45) is 5.73 Å². The van der Waals surface area contributed by atoms with Crippen LogP contribution in [0.4, 0.5) is 5.69 Å². The first-order chi connectivity index (χ1) is 9.51. The van der Waals surface area contributed by atoms with Crippen LogP contribution in [0.25, 0.3) is 11.0 Å². The standard InChI is InChI=1S/C13H17BrN4O2/c1-2-3-4-8(15)12(19)16-9-6-11-10(5-7(9)14)17-13(20)18-11/h5-6,8H,2-4,15H2,1H3,(H,16,19)(H2,17,18,20). The molecule has 1 unspecified atom stereocenters. The van der Waals surface area contributed by atoms with Gasteiger partial charge in [-0.25, -0.2) is 4.79 Å². The molecule has 108 valence electrons. The molecule has 1 amide bonds. The zero-order valence-electron chi connectivity index (χ0n) is 11.1. The van der Waals surface area contributed by atoms with Crippen molar-refractivity contribution in [1.29, 1.82) is 0 Å². The van der Waals surface area contributed by atoms with E-state index >= 15 is 0 Å². The number of carbonyl (C=O) groups excluding carboxylic acids is 1. The van der Waals surface area contributed by atoms with Crippen molar-refractivity contribution in [2.75, 3.05) is 5.32 Å². The maximum Gasteiger partial charge on any atom is 0.323 e. The predicted octanol–water partition coefficient (Wildman–Crippen LogP) is 2.07. The molecular weight excluding hydrogens is 324 g/mol. The molecule has 1 heterocycles. The van der Waals surface area contributed by atoms with Crippen LogP contribution < -0.4 is 16.7 Å². The third-order valence-electron chi connectivity index (χ3n) is 3.07. The van der Waals surface area contributed by atoms with Gasteiger partial charge in [-0.2, -0.15) is 0 Å². The first kappa shape index (κ1) is 14.8. The average molecular weight is 341 g/mol. The molecule has 0 bridgehead atoms. The summed E-state index contributed by atoms with van der Waals surface area (Å²) in [5.41, 5.74) is 7.44. The number of rotatable bonds is 5. The number of aromatic nitrogens is 2. The largest absolute Gasteiger partial charge is 0.324 e. The summed E-state index contributed by atoms with van der Waals surface area (Å²) in [5, 5.41) is 2.77. The van der Waals surface area contributed by atoms with Crippen molar-refractivity contribution >= 4 is 38.6 Å². The molecule has 0 aliphatic heterocycles. The van der Waals surface area contributed by atoms with Crippen LogP contribution in [-0.4, -0.2) is 21.9 Å². The first-order valence-corrected chi connectivity index (χ1v) is 7.28. The van der Waals surface area contributed by atoms with Crippen molar-refractivity contribution in [3.63, 3.8) is 0 Å². The van der Waals surface area contributed by atoms with Crippen molar-refractivity contribution in [3.8, 4) is 0 Å². The van der Waals surface area contributed by atoms with Gasteiger partial charge in [0.15, 0.2) is 0 Å². The van der Waals surface area contributed by atoms with Crippen molar-refractivity contribution < 1.29 is 4.79 Å². The van der Waals surface area contributed by atoms with Gasteiger partial charge in [0.1, 0.15) is 0 Å². The fourth-order valence-electron chi connectivity index (χ4n) is 1.93. The molecule has 1 atom stereocenters. The number of fused-ring (bicyclic) bond motifs is 1. The molecule has 7 heteroatoms. The van der Waals surface area contributed by atoms with Gasteiger partial charge >= 0.3 is 5.69 Å². The number of amides is 1. The summed E-state index contributed by atoms with van der Waals surface area (Å²) in [6, 6.07) is 2.91. The van der Waals surface area contributed by atoms with E-state index in [1.807, 2.05) is 0 Å². The van der Waals surface area contributed by atoms with Gasteiger partial charge < -0.3 is 21.0 Å². The molecule has 6 nitrogen and oxygen atoms in total. The molecule has 0 saturated heterocycles. The number of anilines is 1. The minimum absolute atomic E-state index is 0.226. The molecular formula is C13H17BrN4O2. The topological polar surface area (TPSA) is 104 Å². The Labute approximate surface area is 124 Å². The third-order valence-corrected chi connectivity index (χ3v) is 3.72. The van der Waals surface area contributed by atoms with E-state index in [1.54, 1.807) is 12.1 Å². The summed E-state index contributed by atoms with van der Waals surface area (Å²) in [4.78, 5) is 28.5. The quantitative estimate of drug-likeness (QED) is 0.669. The zero-order valence-corrected chi connectivity index (χ0v) is 12.7. The summed E-state index contributed by atoms with van der Waals surface area (Å²) in [5.74, 6) is -0.226. The van der Waals surface area contributed by atoms with E-state index in [-0.39, 0.29) is 11.6 Å². The summed E-state index contributed by atoms with van der Waals surface area (Å²) < 4.78 is 0.691. The number of hydrogen-bond donors (Lipinski definition) is 4. The summed E-state index contributed by atoms with van der Waals surface area (Å²) in [6.45, 7) is 2.05. The molecule has 0 saturated carbocycles. The lowest BCUT2D eigenvalue weighted by Gasteiger charge is -2.13. The Morgan fingerprint density at radius 2 is 2.05 bits per heavy atom. The van der Waals surface area contributed by atoms with Crippen LogP contribution in [0.2, 0.25) is 0 Å². The minimum Gasteiger partial charge on any atom is -0.324 e. The Balaban J connectivity index is 2.18. The SMILES string of the molecule is CCCCC(N)C(=O)Nc1cc2[nH]c(=O)[nH]c2cc1Br. The van der Waals surface area contributed by atoms with Gasteiger partial charge in [-0.3, -0.25) is 4.79 Å². The van der Waals surface area contributed by atoms with E-state index in [9.17, 15) is 9.59 Å². The third kappa shape index (κ3) is 3.29. The van der Waals surface area contributed by atoms with Crippen LogP contribution in [0.5, 0.6) is 0 Å². The number of imidazole rings is 1. The number of aromatic amines is 2. The molecule has 0 radical (unpaired) electrons. The predicted molar refractivity (Wildman–Crippen MR) is 82.7 cm³/mol. The first-order valence-electron chi connectivity index (χ1n) is 6.49. The highest BCUT2D eigenvalue weighted by Crippen LogP contribution is 2.26. The number of halogens is 1. The van der Waals surface area contributed by atoms with Gasteiger partial charge in [-0.1, -0.05) is 19.8 Å². The Morgan fingerprint density at radius 1 is 1.40 bits per heavy atom. The Hall–Kier alpha value is -1.60. The lowest BCUT2D eigenvalue weighted by atomic mass is 10.1. The average Bonchev–Trinajstić information content (AvgIpc) is 2.75. The van der Waals surface area contributed by atoms with Crippen LogP contribution >= 0.6 is 15.9 Å². The van der Waals surface area contributed by atoms with Crippen LogP contribution in [0.15, 0.2) is 21.4 Å². The summed E-state index contributed by atoms with van der Waals surface area (Å²) in [7, 11) is 0. The number of nitrogens with one attached hydrogen (secondary N) is 3. The highest BCUT2D eigenvalue weighted by atomic mass is 79.9. The fraction of sp³-hybridized carbons (Fsp3) is 0.385. The molecule has 0 aliphatic rings. The van der Waals surface area contributed by atoms with Gasteiger partial charge in [0.2, 0.25) is 5.91 Å². The smallest absolute Gasteiger partial charge is 0.323 e. The lowest BCUT2D eigenvalue weighted by molar-refractivity contribution is -0.117. The molecule has 0 spiro atoms. The van der Waals surface area contributed by atoms with Crippen molar-refractivity contribution in [3.05, 3.63) is 27.1 Å². The van der Waals surface area contributed by atoms with E-state index in [2.05, 4.69) is 38.1 Å². The second kappa shape index (κ2) is 6.23. The summed E-state index contributed by atoms with van der Waals surface area (Å²) >= 11 is 3.37. The van der Waals surface area contributed by atoms with Gasteiger partial charge in [-0.15, -0.1) is 0 Å². The minimum atomic E-state index is -0.525. The molecule has 1 aromatic carbocycles. The van der Waals surface area contributed by atoms with Gasteiger partial charge in [0, 0.05) is 4.47 Å². The van der Waals surface area contributed by atoms with Crippen LogP contribution in [0, 0.1) is 0 Å². The normalized spacial score (nSPS) is 12.6. The van der Waals surface area contributed by atoms with E-state index < -0.39 is 6.04 Å². The number of hydrogen-bond acceptors (Lipinski definition) is 3. The molecule has 5 N–H and O–H groups in total. The van der Waals surface area contributed by atoms with Crippen molar-refractivity contribution in [2.45, 2.75) is 32.2 Å². The van der Waals surface area contributed by atoms with Crippen LogP contribution in [0.1, 0.15) is 26.2 Å². The maximum atomic E-state index is 12.0. The fourth-order valence-corrected chi connectivity index (χ4v) is 2.37. The van der Waals surface area contributed by atoms with Gasteiger partial charge in [0.05, 0.1) is 22.8 Å². The molecule has 20 heavy (non-hydrogen) atoms. The van der Waals surface area contributed by atoms with Gasteiger partial charge in [0.25, 0.3) is 0 Å². The van der Waals surface area contributed by atoms with E-state index in [1.165, 1.54) is 0 Å². The molecule has 2 aromatic rings. The molecule has 2 rings (SSSR count). The number of nitrogens with two attached hydrogens (primary N) is 1. The maximum absolute atomic E-state index is 12.0. The lowest BCUT2D eigenvalue weighted by Crippen LogP contribution is -2.35. The van der Waals surface area contributed by atoms with E-state index in [4.69, 9.17) is 5.73 Å². The second-order valence-corrected chi connectivity index (χ2v) is 5.55. The Morgan fingerprint density at radius 3 is 2.70 bits per heavy atom. The van der Waals surface area contributed by atoms with Gasteiger partial charge in [-0.05, 0) is 34.5 Å². The molecule has 0 aliphatic carbocycles. The van der Waals surface area contributed by atoms with Crippen LogP contribution in [-0.2, 0) is 4.79 Å². The number of carbonyl (C=O) groups is 1. The Kier molecular flexibility index (Phi) is 4.61. The van der Waals surface area contributed by atoms with E-state index in [0.29, 0.717) is 27.6 Å².